The van der Waals surface area contributed by atoms with E-state index in [0.29, 0.717) is 0 Å². The van der Waals surface area contributed by atoms with Crippen LogP contribution in [0.1, 0.15) is 26.7 Å². The molecule has 0 N–H and O–H groups in total. The van der Waals surface area contributed by atoms with Gasteiger partial charge < -0.3 is 0 Å². The van der Waals surface area contributed by atoms with Crippen molar-refractivity contribution in [1.29, 1.82) is 0 Å². The molecule has 0 aromatic carbocycles. The summed E-state index contributed by atoms with van der Waals surface area (Å²) in [5, 5.41) is 0.0752. The minimum absolute atomic E-state index is 0.0376. The maximum atomic E-state index is 12.2. The highest BCUT2D eigenvalue weighted by atomic mass is 33.1. The maximum absolute atomic E-state index is 12.2. The molecule has 2 unspecified atom stereocenters. The van der Waals surface area contributed by atoms with Crippen LogP contribution in [-0.2, 0) is 0 Å². The predicted octanol–water partition coefficient (Wildman–Crippen LogP) is 3.86. The van der Waals surface area contributed by atoms with Crippen LogP contribution in [0.3, 0.4) is 0 Å². The van der Waals surface area contributed by atoms with Crippen LogP contribution < -0.4 is 0 Å². The van der Waals surface area contributed by atoms with E-state index in [1.165, 1.54) is 21.6 Å². The van der Waals surface area contributed by atoms with Gasteiger partial charge in [-0.15, -0.1) is 0 Å². The Balaban J connectivity index is 3.49. The summed E-state index contributed by atoms with van der Waals surface area (Å²) in [7, 11) is 2.96. The highest BCUT2D eigenvalue weighted by Crippen LogP contribution is 2.34. The van der Waals surface area contributed by atoms with Gasteiger partial charge in [0.15, 0.2) is 0 Å². The lowest BCUT2D eigenvalue weighted by Gasteiger charge is -2.13. The molecule has 0 aliphatic rings. The molecule has 4 heteroatoms. The average Bonchev–Trinajstić information content (AvgIpc) is 2.13. The average molecular weight is 214 g/mol. The number of hydrogen-bond donors (Lipinski definition) is 0. The molecule has 2 atom stereocenters. The van der Waals surface area contributed by atoms with Crippen LogP contribution >= 0.6 is 21.6 Å². The topological polar surface area (TPSA) is 0 Å². The number of hydrogen-bond acceptors (Lipinski definition) is 2. The quantitative estimate of drug-likeness (QED) is 0.590. The van der Waals surface area contributed by atoms with Gasteiger partial charge in [-0.2, -0.15) is 0 Å². The first-order valence-electron chi connectivity index (χ1n) is 4.22. The predicted molar refractivity (Wildman–Crippen MR) is 55.3 cm³/mol. The molecule has 0 saturated heterocycles. The van der Waals surface area contributed by atoms with E-state index in [0.717, 1.165) is 12.8 Å². The van der Waals surface area contributed by atoms with Crippen molar-refractivity contribution in [1.82, 2.24) is 0 Å². The Kier molecular flexibility index (Phi) is 8.55. The molecule has 0 amide bonds. The van der Waals surface area contributed by atoms with Crippen molar-refractivity contribution >= 4 is 21.6 Å². The standard InChI is InChI=1S/C8H16F2S2/c1-3-7(5-9)11-12-8(4-2)6-10/h7-8H,3-6H2,1-2H3. The summed E-state index contributed by atoms with van der Waals surface area (Å²) in [6, 6.07) is 0. The third-order valence-corrected chi connectivity index (χ3v) is 5.12. The molecule has 74 valence electrons. The molecule has 0 aromatic heterocycles. The van der Waals surface area contributed by atoms with Crippen LogP contribution in [0.15, 0.2) is 0 Å². The van der Waals surface area contributed by atoms with Crippen LogP contribution in [0.25, 0.3) is 0 Å². The third kappa shape index (κ3) is 5.25. The monoisotopic (exact) mass is 214 g/mol. The van der Waals surface area contributed by atoms with E-state index >= 15 is 0 Å². The summed E-state index contributed by atoms with van der Waals surface area (Å²) in [5.41, 5.74) is 0. The van der Waals surface area contributed by atoms with E-state index in [9.17, 15) is 8.78 Å². The molecule has 0 spiro atoms. The fourth-order valence-electron chi connectivity index (χ4n) is 0.563. The van der Waals surface area contributed by atoms with Gasteiger partial charge in [0.1, 0.15) is 13.3 Å². The van der Waals surface area contributed by atoms with Gasteiger partial charge in [0, 0.05) is 10.5 Å². The molecule has 0 bridgehead atoms. The van der Waals surface area contributed by atoms with Crippen molar-refractivity contribution in [3.63, 3.8) is 0 Å². The highest BCUT2D eigenvalue weighted by Gasteiger charge is 2.11. The summed E-state index contributed by atoms with van der Waals surface area (Å²) < 4.78 is 24.4. The zero-order valence-electron chi connectivity index (χ0n) is 7.56. The Hall–Kier alpha value is 0.560. The molecule has 0 rings (SSSR count). The van der Waals surface area contributed by atoms with Crippen LogP contribution in [0, 0.1) is 0 Å². The molecule has 0 aliphatic carbocycles. The summed E-state index contributed by atoms with van der Waals surface area (Å²) in [5.74, 6) is 0. The minimum Gasteiger partial charge on any atom is -0.250 e. The van der Waals surface area contributed by atoms with Crippen molar-refractivity contribution in [3.8, 4) is 0 Å². The van der Waals surface area contributed by atoms with Gasteiger partial charge in [-0.3, -0.25) is 0 Å². The van der Waals surface area contributed by atoms with E-state index in [1.54, 1.807) is 0 Å². The van der Waals surface area contributed by atoms with Crippen molar-refractivity contribution in [2.24, 2.45) is 0 Å². The molecule has 0 aliphatic heterocycles. The minimum atomic E-state index is -0.309. The van der Waals surface area contributed by atoms with Crippen LogP contribution in [0.2, 0.25) is 0 Å². The fraction of sp³-hybridized carbons (Fsp3) is 1.00. The Morgan fingerprint density at radius 3 is 1.42 bits per heavy atom. The maximum Gasteiger partial charge on any atom is 0.102 e. The van der Waals surface area contributed by atoms with Gasteiger partial charge in [0.25, 0.3) is 0 Å². The van der Waals surface area contributed by atoms with E-state index in [-0.39, 0.29) is 23.8 Å². The smallest absolute Gasteiger partial charge is 0.102 e. The Bertz CT molecular complexity index is 81.1. The van der Waals surface area contributed by atoms with E-state index in [1.807, 2.05) is 13.8 Å². The number of halogens is 2. The number of rotatable bonds is 7. The second-order valence-electron chi connectivity index (χ2n) is 2.56. The SMILES string of the molecule is CCC(CF)SSC(CC)CF. The largest absolute Gasteiger partial charge is 0.250 e. The van der Waals surface area contributed by atoms with Crippen molar-refractivity contribution in [3.05, 3.63) is 0 Å². The first kappa shape index (κ1) is 12.6. The Labute approximate surface area is 81.3 Å². The number of alkyl halides is 2. The zero-order valence-corrected chi connectivity index (χ0v) is 9.19. The lowest BCUT2D eigenvalue weighted by atomic mass is 10.4. The second-order valence-corrected chi connectivity index (χ2v) is 5.43. The summed E-state index contributed by atoms with van der Waals surface area (Å²) in [4.78, 5) is 0. The molecule has 0 saturated carbocycles. The van der Waals surface area contributed by atoms with Crippen LogP contribution in [-0.4, -0.2) is 23.8 Å². The molecular weight excluding hydrogens is 198 g/mol. The Morgan fingerprint density at radius 2 is 1.25 bits per heavy atom. The molecular formula is C8H16F2S2. The second kappa shape index (κ2) is 8.17. The lowest BCUT2D eigenvalue weighted by Crippen LogP contribution is -2.05. The van der Waals surface area contributed by atoms with Gasteiger partial charge in [-0.05, 0) is 12.8 Å². The van der Waals surface area contributed by atoms with Gasteiger partial charge >= 0.3 is 0 Å². The van der Waals surface area contributed by atoms with Gasteiger partial charge in [0.2, 0.25) is 0 Å². The molecule has 0 nitrogen and oxygen atoms in total. The summed E-state index contributed by atoms with van der Waals surface area (Å²) in [6.07, 6.45) is 1.63. The van der Waals surface area contributed by atoms with E-state index in [4.69, 9.17) is 0 Å². The normalized spacial score (nSPS) is 16.0. The van der Waals surface area contributed by atoms with E-state index < -0.39 is 0 Å². The lowest BCUT2D eigenvalue weighted by molar-refractivity contribution is 0.476. The summed E-state index contributed by atoms with van der Waals surface area (Å²) in [6.45, 7) is 3.29. The molecule has 0 aromatic rings. The molecule has 12 heavy (non-hydrogen) atoms. The van der Waals surface area contributed by atoms with Gasteiger partial charge in [-0.25, -0.2) is 8.78 Å². The first-order chi connectivity index (χ1) is 5.78. The zero-order chi connectivity index (χ0) is 9.40. The van der Waals surface area contributed by atoms with Crippen LogP contribution in [0.4, 0.5) is 8.78 Å². The fourth-order valence-corrected chi connectivity index (χ4v) is 3.32. The van der Waals surface area contributed by atoms with Crippen LogP contribution in [0.5, 0.6) is 0 Å². The van der Waals surface area contributed by atoms with Gasteiger partial charge in [0.05, 0.1) is 0 Å². The van der Waals surface area contributed by atoms with Crippen molar-refractivity contribution < 1.29 is 8.78 Å². The van der Waals surface area contributed by atoms with Gasteiger partial charge in [-0.1, -0.05) is 35.4 Å². The molecule has 0 radical (unpaired) electrons. The molecule has 0 fully saturated rings. The third-order valence-electron chi connectivity index (χ3n) is 1.58. The Morgan fingerprint density at radius 1 is 0.917 bits per heavy atom. The summed E-state index contributed by atoms with van der Waals surface area (Å²) >= 11 is 0. The van der Waals surface area contributed by atoms with Crippen molar-refractivity contribution in [2.45, 2.75) is 37.2 Å². The van der Waals surface area contributed by atoms with Crippen molar-refractivity contribution in [2.75, 3.05) is 13.3 Å². The first-order valence-corrected chi connectivity index (χ1v) is 6.50. The highest BCUT2D eigenvalue weighted by molar-refractivity contribution is 8.77. The van der Waals surface area contributed by atoms with E-state index in [2.05, 4.69) is 0 Å². The molecule has 0 heterocycles.